The van der Waals surface area contributed by atoms with Crippen molar-refractivity contribution in [1.29, 1.82) is 0 Å². The van der Waals surface area contributed by atoms with Gasteiger partial charge in [-0.25, -0.2) is 12.8 Å². The van der Waals surface area contributed by atoms with Crippen LogP contribution in [0.3, 0.4) is 0 Å². The molecule has 0 amide bonds. The van der Waals surface area contributed by atoms with E-state index in [2.05, 4.69) is 5.10 Å². The Kier molecular flexibility index (Phi) is 6.40. The fourth-order valence-corrected chi connectivity index (χ4v) is 5.75. The average Bonchev–Trinajstić information content (AvgIpc) is 3.28. The third-order valence-electron chi connectivity index (χ3n) is 6.50. The molecule has 1 saturated heterocycles. The Morgan fingerprint density at radius 3 is 2.53 bits per heavy atom. The Hall–Kier alpha value is -3.50. The summed E-state index contributed by atoms with van der Waals surface area (Å²) in [5.41, 5.74) is 2.19. The van der Waals surface area contributed by atoms with Gasteiger partial charge >= 0.3 is 5.56 Å². The summed E-state index contributed by atoms with van der Waals surface area (Å²) >= 11 is 0. The molecule has 0 radical (unpaired) electrons. The number of benzene rings is 2. The predicted octanol–water partition coefficient (Wildman–Crippen LogP) is 3.38. The van der Waals surface area contributed by atoms with E-state index in [0.717, 1.165) is 15.8 Å². The predicted molar refractivity (Wildman–Crippen MR) is 136 cm³/mol. The minimum absolute atomic E-state index is 0.0841. The van der Waals surface area contributed by atoms with Gasteiger partial charge < -0.3 is 9.64 Å². The summed E-state index contributed by atoms with van der Waals surface area (Å²) in [4.78, 5) is 15.6. The molecule has 0 N–H and O–H groups in total. The van der Waals surface area contributed by atoms with Crippen LogP contribution in [0.1, 0.15) is 31.1 Å². The second kappa shape index (κ2) is 9.51. The van der Waals surface area contributed by atoms with Crippen molar-refractivity contribution in [1.82, 2.24) is 14.1 Å². The molecule has 1 aliphatic carbocycles. The van der Waals surface area contributed by atoms with Crippen LogP contribution in [0.5, 0.6) is 5.75 Å². The van der Waals surface area contributed by atoms with Crippen molar-refractivity contribution in [3.05, 3.63) is 88.1 Å². The maximum Gasteiger partial charge on any atom is 0.316 e. The summed E-state index contributed by atoms with van der Waals surface area (Å²) in [6.07, 6.45) is 4.88. The zero-order valence-electron chi connectivity index (χ0n) is 20.0. The molecule has 1 aromatic heterocycles. The lowest BCUT2D eigenvalue weighted by atomic mass is 10.1. The van der Waals surface area contributed by atoms with Gasteiger partial charge in [-0.05, 0) is 43.7 Å². The van der Waals surface area contributed by atoms with Crippen LogP contribution >= 0.6 is 0 Å². The molecule has 0 bridgehead atoms. The molecule has 1 unspecified atom stereocenters. The van der Waals surface area contributed by atoms with E-state index >= 15 is 0 Å². The highest BCUT2D eigenvalue weighted by atomic mass is 32.2. The highest BCUT2D eigenvalue weighted by Gasteiger charge is 2.32. The van der Waals surface area contributed by atoms with Gasteiger partial charge in [0.1, 0.15) is 17.6 Å². The maximum absolute atomic E-state index is 13.9. The van der Waals surface area contributed by atoms with E-state index in [1.54, 1.807) is 19.9 Å². The van der Waals surface area contributed by atoms with E-state index in [-0.39, 0.29) is 11.4 Å². The summed E-state index contributed by atoms with van der Waals surface area (Å²) in [6.45, 7) is 4.67. The number of anilines is 1. The standard InChI is InChI=1S/C26H27FN4O4S/c1-18(2)36(33,34)30-14-12-29(13-15-30)23-17-28-31(21-8-5-7-20(27)16-21)26(32)25(23)35-24-11-10-19-6-3-4-9-22(19)24/h3-11,16-18,24H,12-15H2,1-2H3. The topological polar surface area (TPSA) is 84.7 Å². The maximum atomic E-state index is 13.9. The van der Waals surface area contributed by atoms with Crippen molar-refractivity contribution in [2.75, 3.05) is 31.1 Å². The molecule has 8 nitrogen and oxygen atoms in total. The number of hydrogen-bond acceptors (Lipinski definition) is 6. The highest BCUT2D eigenvalue weighted by molar-refractivity contribution is 7.89. The Balaban J connectivity index is 1.52. The largest absolute Gasteiger partial charge is 0.474 e. The highest BCUT2D eigenvalue weighted by Crippen LogP contribution is 2.35. The van der Waals surface area contributed by atoms with Gasteiger partial charge in [-0.3, -0.25) is 4.79 Å². The Bertz CT molecular complexity index is 1480. The third kappa shape index (κ3) is 4.42. The summed E-state index contributed by atoms with van der Waals surface area (Å²) in [6, 6.07) is 13.4. The zero-order chi connectivity index (χ0) is 25.4. The van der Waals surface area contributed by atoms with Gasteiger partial charge in [0.05, 0.1) is 17.1 Å². The monoisotopic (exact) mass is 510 g/mol. The number of aromatic nitrogens is 2. The normalized spacial score (nSPS) is 18.0. The quantitative estimate of drug-likeness (QED) is 0.506. The molecule has 188 valence electrons. The van der Waals surface area contributed by atoms with Gasteiger partial charge in [0.15, 0.2) is 0 Å². The van der Waals surface area contributed by atoms with Gasteiger partial charge in [-0.2, -0.15) is 14.1 Å². The summed E-state index contributed by atoms with van der Waals surface area (Å²) in [7, 11) is -3.37. The first-order chi connectivity index (χ1) is 17.3. The number of piperazine rings is 1. The van der Waals surface area contributed by atoms with E-state index in [1.165, 1.54) is 28.7 Å². The lowest BCUT2D eigenvalue weighted by Crippen LogP contribution is -2.50. The molecular weight excluding hydrogens is 483 g/mol. The number of rotatable bonds is 6. The first-order valence-corrected chi connectivity index (χ1v) is 13.3. The van der Waals surface area contributed by atoms with Crippen molar-refractivity contribution >= 4 is 21.8 Å². The van der Waals surface area contributed by atoms with Crippen LogP contribution < -0.4 is 15.2 Å². The SMILES string of the molecule is CC(C)S(=O)(=O)N1CCN(c2cnn(-c3cccc(F)c3)c(=O)c2OC2C=Cc3ccccc32)CC1. The first-order valence-electron chi connectivity index (χ1n) is 11.8. The van der Waals surface area contributed by atoms with Gasteiger partial charge in [-0.1, -0.05) is 36.4 Å². The molecule has 1 fully saturated rings. The third-order valence-corrected chi connectivity index (χ3v) is 8.78. The number of nitrogens with zero attached hydrogens (tertiary/aromatic N) is 4. The minimum Gasteiger partial charge on any atom is -0.474 e. The van der Waals surface area contributed by atoms with Crippen molar-refractivity contribution in [2.45, 2.75) is 25.2 Å². The number of sulfonamides is 1. The van der Waals surface area contributed by atoms with Gasteiger partial charge in [0.2, 0.25) is 15.8 Å². The van der Waals surface area contributed by atoms with Crippen molar-refractivity contribution < 1.29 is 17.5 Å². The van der Waals surface area contributed by atoms with Crippen LogP contribution in [0.2, 0.25) is 0 Å². The van der Waals surface area contributed by atoms with Crippen LogP contribution in [0, 0.1) is 5.82 Å². The van der Waals surface area contributed by atoms with E-state index in [1.807, 2.05) is 41.3 Å². The molecule has 3 aromatic rings. The molecule has 0 saturated carbocycles. The summed E-state index contributed by atoms with van der Waals surface area (Å²) in [5.74, 6) is -0.399. The number of hydrogen-bond donors (Lipinski definition) is 0. The molecule has 2 heterocycles. The van der Waals surface area contributed by atoms with E-state index < -0.39 is 32.8 Å². The molecule has 1 aliphatic heterocycles. The summed E-state index contributed by atoms with van der Waals surface area (Å²) < 4.78 is 48.0. The van der Waals surface area contributed by atoms with Gasteiger partial charge in [0, 0.05) is 31.7 Å². The number of ether oxygens (including phenoxy) is 1. The van der Waals surface area contributed by atoms with Crippen molar-refractivity contribution in [3.63, 3.8) is 0 Å². The van der Waals surface area contributed by atoms with Crippen molar-refractivity contribution in [2.24, 2.45) is 0 Å². The van der Waals surface area contributed by atoms with E-state index in [4.69, 9.17) is 4.74 Å². The Labute approximate surface area is 209 Å². The zero-order valence-corrected chi connectivity index (χ0v) is 20.9. The molecular formula is C26H27FN4O4S. The van der Waals surface area contributed by atoms with Crippen molar-refractivity contribution in [3.8, 4) is 11.4 Å². The smallest absolute Gasteiger partial charge is 0.316 e. The fourth-order valence-electron chi connectivity index (χ4n) is 4.48. The lowest BCUT2D eigenvalue weighted by Gasteiger charge is -2.36. The second-order valence-corrected chi connectivity index (χ2v) is 11.6. The molecule has 5 rings (SSSR count). The van der Waals surface area contributed by atoms with Crippen LogP contribution in [0.15, 0.2) is 65.6 Å². The first kappa shape index (κ1) is 24.2. The molecule has 2 aromatic carbocycles. The molecule has 2 aliphatic rings. The molecule has 0 spiro atoms. The van der Waals surface area contributed by atoms with Crippen LogP contribution in [-0.2, 0) is 10.0 Å². The fraction of sp³-hybridized carbons (Fsp3) is 0.308. The molecule has 1 atom stereocenters. The van der Waals surface area contributed by atoms with E-state index in [0.29, 0.717) is 31.9 Å². The average molecular weight is 511 g/mol. The summed E-state index contributed by atoms with van der Waals surface area (Å²) in [5, 5.41) is 3.80. The molecule has 10 heteroatoms. The molecule has 36 heavy (non-hydrogen) atoms. The Morgan fingerprint density at radius 2 is 1.81 bits per heavy atom. The van der Waals surface area contributed by atoms with Crippen LogP contribution in [0.4, 0.5) is 10.1 Å². The van der Waals surface area contributed by atoms with E-state index in [9.17, 15) is 17.6 Å². The van der Waals surface area contributed by atoms with Gasteiger partial charge in [-0.15, -0.1) is 0 Å². The van der Waals surface area contributed by atoms with Crippen LogP contribution in [0.25, 0.3) is 11.8 Å². The number of fused-ring (bicyclic) bond motifs is 1. The minimum atomic E-state index is -3.37. The van der Waals surface area contributed by atoms with Crippen LogP contribution in [-0.4, -0.2) is 53.9 Å². The number of halogens is 1. The Morgan fingerprint density at radius 1 is 1.06 bits per heavy atom. The lowest BCUT2D eigenvalue weighted by molar-refractivity contribution is 0.252. The van der Waals surface area contributed by atoms with Gasteiger partial charge in [0.25, 0.3) is 0 Å². The second-order valence-electron chi connectivity index (χ2n) is 9.06.